The molecule has 0 N–H and O–H groups in total. The molecule has 0 aromatic carbocycles. The van der Waals surface area contributed by atoms with Gasteiger partial charge >= 0.3 is 11.9 Å². The van der Waals surface area contributed by atoms with Crippen molar-refractivity contribution in [3.8, 4) is 0 Å². The minimum absolute atomic E-state index is 0.137. The van der Waals surface area contributed by atoms with E-state index in [4.69, 9.17) is 18.9 Å². The third kappa shape index (κ3) is 73.9. The van der Waals surface area contributed by atoms with Crippen LogP contribution in [0.2, 0.25) is 0 Å². The molecular formula is C84H137NO8. The molecule has 0 heterocycles. The van der Waals surface area contributed by atoms with Crippen molar-refractivity contribution in [2.75, 3.05) is 47.5 Å². The Morgan fingerprint density at radius 2 is 0.581 bits per heavy atom. The summed E-state index contributed by atoms with van der Waals surface area (Å²) in [6, 6.07) is 0. The Morgan fingerprint density at radius 1 is 0.323 bits per heavy atom. The molecule has 2 atom stereocenters. The number of rotatable bonds is 67. The maximum absolute atomic E-state index is 13.0. The van der Waals surface area contributed by atoms with E-state index in [1.165, 1.54) is 103 Å². The van der Waals surface area contributed by atoms with E-state index in [9.17, 15) is 19.5 Å². The summed E-state index contributed by atoms with van der Waals surface area (Å²) in [5, 5.41) is 11.8. The van der Waals surface area contributed by atoms with Crippen LogP contribution in [0.3, 0.4) is 0 Å². The molecule has 2 unspecified atom stereocenters. The Morgan fingerprint density at radius 3 is 0.860 bits per heavy atom. The third-order valence-corrected chi connectivity index (χ3v) is 15.5. The molecule has 0 aliphatic rings. The summed E-state index contributed by atoms with van der Waals surface area (Å²) in [5.74, 6) is -2.31. The summed E-state index contributed by atoms with van der Waals surface area (Å²) in [6.07, 6.45) is 106. The van der Waals surface area contributed by atoms with Gasteiger partial charge in [0.25, 0.3) is 0 Å². The molecule has 0 aromatic heterocycles. The second-order valence-corrected chi connectivity index (χ2v) is 25.5. The molecule has 0 spiro atoms. The van der Waals surface area contributed by atoms with Crippen LogP contribution in [0.5, 0.6) is 0 Å². The molecule has 93 heavy (non-hydrogen) atoms. The number of ether oxygens (including phenoxy) is 4. The number of nitrogens with zero attached hydrogens (tertiary/aromatic N) is 1. The first-order valence-electron chi connectivity index (χ1n) is 37.3. The number of likely N-dealkylation sites (N-methyl/N-ethyl adjacent to an activating group) is 1. The summed E-state index contributed by atoms with van der Waals surface area (Å²) >= 11 is 0. The number of carboxylic acids is 1. The van der Waals surface area contributed by atoms with Gasteiger partial charge in [0, 0.05) is 12.8 Å². The molecular weight excluding hydrogens is 1150 g/mol. The molecule has 0 fully saturated rings. The van der Waals surface area contributed by atoms with Gasteiger partial charge in [0.1, 0.15) is 13.2 Å². The first-order chi connectivity index (χ1) is 45.6. The number of esters is 2. The van der Waals surface area contributed by atoms with Crippen molar-refractivity contribution in [1.29, 1.82) is 0 Å². The van der Waals surface area contributed by atoms with Gasteiger partial charge < -0.3 is 33.3 Å². The Labute approximate surface area is 571 Å². The normalized spacial score (nSPS) is 13.7. The van der Waals surface area contributed by atoms with Crippen LogP contribution in [0, 0.1) is 0 Å². The predicted octanol–water partition coefficient (Wildman–Crippen LogP) is 22.5. The number of unbranched alkanes of at least 4 members (excludes halogenated alkanes) is 24. The summed E-state index contributed by atoms with van der Waals surface area (Å²) in [7, 11) is 5.92. The molecule has 0 aromatic rings. The molecule has 9 heteroatoms. The molecule has 0 bridgehead atoms. The lowest BCUT2D eigenvalue weighted by molar-refractivity contribution is -0.870. The lowest BCUT2D eigenvalue weighted by atomic mass is 10.0. The highest BCUT2D eigenvalue weighted by molar-refractivity contribution is 5.70. The fourth-order valence-corrected chi connectivity index (χ4v) is 9.85. The SMILES string of the molecule is CC/C=C\C/C=C\C/C=C\C/C=C\C/C=C\C/C=C\C/C=C\C/C=C\C/C=C\C/C=C\CCCCCCCCC(=O)OC(COC(=O)CCCCCCCCCCCCCCCCCCCC/C=C\C/C=C\C/C=C\C/C=C\CC)COC(OCC[N+](C)(C)C)C(=O)[O-]. The Kier molecular flexibility index (Phi) is 68.3. The lowest BCUT2D eigenvalue weighted by Gasteiger charge is -2.26. The second-order valence-electron chi connectivity index (χ2n) is 25.5. The minimum atomic E-state index is -1.64. The number of hydrogen-bond donors (Lipinski definition) is 0. The molecule has 9 nitrogen and oxygen atoms in total. The third-order valence-electron chi connectivity index (χ3n) is 15.5. The zero-order valence-electron chi connectivity index (χ0n) is 60.1. The average molecular weight is 1290 g/mol. The topological polar surface area (TPSA) is 111 Å². The van der Waals surface area contributed by atoms with Crippen molar-refractivity contribution in [2.24, 2.45) is 0 Å². The van der Waals surface area contributed by atoms with E-state index in [0.717, 1.165) is 148 Å². The number of carbonyl (C=O) groups is 3. The fourth-order valence-electron chi connectivity index (χ4n) is 9.85. The van der Waals surface area contributed by atoms with E-state index >= 15 is 0 Å². The molecule has 0 aliphatic carbocycles. The molecule has 0 rings (SSSR count). The minimum Gasteiger partial charge on any atom is -0.545 e. The van der Waals surface area contributed by atoms with Gasteiger partial charge in [0.05, 0.1) is 40.3 Å². The summed E-state index contributed by atoms with van der Waals surface area (Å²) < 4.78 is 22.8. The molecule has 0 aliphatic heterocycles. The van der Waals surface area contributed by atoms with E-state index in [-0.39, 0.29) is 38.6 Å². The number of carbonyl (C=O) groups excluding carboxylic acids is 3. The van der Waals surface area contributed by atoms with E-state index in [0.29, 0.717) is 17.4 Å². The van der Waals surface area contributed by atoms with Crippen molar-refractivity contribution in [3.05, 3.63) is 170 Å². The van der Waals surface area contributed by atoms with Crippen LogP contribution in [0.1, 0.15) is 284 Å². The number of aliphatic carboxylic acids is 1. The second kappa shape index (κ2) is 72.5. The van der Waals surface area contributed by atoms with Gasteiger partial charge in [0.2, 0.25) is 0 Å². The van der Waals surface area contributed by atoms with Gasteiger partial charge in [0.15, 0.2) is 12.4 Å². The highest BCUT2D eigenvalue weighted by Gasteiger charge is 2.22. The predicted molar refractivity (Wildman–Crippen MR) is 398 cm³/mol. The molecule has 0 saturated heterocycles. The van der Waals surface area contributed by atoms with Gasteiger partial charge in [-0.3, -0.25) is 9.59 Å². The first kappa shape index (κ1) is 87.7. The monoisotopic (exact) mass is 1290 g/mol. The van der Waals surface area contributed by atoms with Crippen molar-refractivity contribution in [1.82, 2.24) is 0 Å². The molecule has 0 saturated carbocycles. The highest BCUT2D eigenvalue weighted by atomic mass is 16.7. The van der Waals surface area contributed by atoms with Crippen LogP contribution in [0.4, 0.5) is 0 Å². The van der Waals surface area contributed by atoms with E-state index < -0.39 is 24.3 Å². The Bertz CT molecular complexity index is 2140. The van der Waals surface area contributed by atoms with Gasteiger partial charge in [-0.1, -0.05) is 312 Å². The number of quaternary nitrogens is 1. The van der Waals surface area contributed by atoms with Gasteiger partial charge in [-0.25, -0.2) is 0 Å². The van der Waals surface area contributed by atoms with Crippen molar-refractivity contribution in [2.45, 2.75) is 296 Å². The molecule has 0 amide bonds. The van der Waals surface area contributed by atoms with Gasteiger partial charge in [-0.05, 0) is 128 Å². The van der Waals surface area contributed by atoms with E-state index in [1.54, 1.807) is 0 Å². The maximum Gasteiger partial charge on any atom is 0.306 e. The zero-order valence-corrected chi connectivity index (χ0v) is 60.1. The van der Waals surface area contributed by atoms with Gasteiger partial charge in [-0.15, -0.1) is 0 Å². The number of allylic oxidation sites excluding steroid dienone is 28. The van der Waals surface area contributed by atoms with Crippen LogP contribution in [-0.4, -0.2) is 82.3 Å². The van der Waals surface area contributed by atoms with Crippen molar-refractivity contribution in [3.63, 3.8) is 0 Å². The zero-order chi connectivity index (χ0) is 67.5. The van der Waals surface area contributed by atoms with Crippen LogP contribution in [-0.2, 0) is 33.3 Å². The van der Waals surface area contributed by atoms with Crippen molar-refractivity contribution < 1.29 is 42.9 Å². The first-order valence-corrected chi connectivity index (χ1v) is 37.3. The largest absolute Gasteiger partial charge is 0.545 e. The quantitative estimate of drug-likeness (QED) is 0.0195. The van der Waals surface area contributed by atoms with E-state index in [2.05, 4.69) is 184 Å². The fraction of sp³-hybridized carbons (Fsp3) is 0.631. The summed E-state index contributed by atoms with van der Waals surface area (Å²) in [5.41, 5.74) is 0. The standard InChI is InChI=1S/C84H137NO8/c1-6-8-10-12-14-16-18-20-22-24-26-28-30-32-34-36-38-39-40-41-42-43-45-47-49-51-53-55-57-59-61-63-65-67-69-71-73-75-82(87)93-80(79-92-84(83(88)89)90-77-76-85(3,4)5)78-91-81(86)74-72-70-68-66-64-62-60-58-56-54-52-50-48-46-44-37-35-33-31-29-27-25-23-21-19-17-15-13-11-9-7-2/h8-11,14-17,20-23,26-29,32,34,38-39,41-42,45,47,51,53,57,59,80,84H,6-7,12-13,18-19,24-25,30-31,33,35-37,40,43-44,46,48-50,52,54-56,58,60-79H2,1-5H3/b10-8-,11-9-,16-14-,17-15-,22-20-,23-21-,28-26-,29-27-,34-32-,39-38-,42-41-,47-45-,53-51-,59-57-. The van der Waals surface area contributed by atoms with Crippen LogP contribution in [0.25, 0.3) is 0 Å². The highest BCUT2D eigenvalue weighted by Crippen LogP contribution is 2.17. The van der Waals surface area contributed by atoms with Crippen LogP contribution < -0.4 is 5.11 Å². The smallest absolute Gasteiger partial charge is 0.306 e. The van der Waals surface area contributed by atoms with Gasteiger partial charge in [-0.2, -0.15) is 0 Å². The Balaban J connectivity index is 4.17. The summed E-state index contributed by atoms with van der Waals surface area (Å²) in [6.45, 7) is 4.51. The number of hydrogen-bond acceptors (Lipinski definition) is 8. The molecule has 526 valence electrons. The lowest BCUT2D eigenvalue weighted by Crippen LogP contribution is -2.44. The maximum atomic E-state index is 13.0. The van der Waals surface area contributed by atoms with E-state index in [1.807, 2.05) is 21.1 Å². The summed E-state index contributed by atoms with van der Waals surface area (Å²) in [4.78, 5) is 37.6. The molecule has 0 radical (unpaired) electrons. The number of carboxylic acid groups (broad SMARTS) is 1. The van der Waals surface area contributed by atoms with Crippen LogP contribution in [0.15, 0.2) is 170 Å². The van der Waals surface area contributed by atoms with Crippen molar-refractivity contribution >= 4 is 17.9 Å². The van der Waals surface area contributed by atoms with Crippen LogP contribution >= 0.6 is 0 Å². The average Bonchev–Trinajstić information content (AvgIpc) is 3.73. The Hall–Kier alpha value is -5.35.